The van der Waals surface area contributed by atoms with E-state index in [0.29, 0.717) is 5.65 Å². The average molecular weight is 157 g/mol. The Bertz CT molecular complexity index is 437. The predicted molar refractivity (Wildman–Crippen MR) is 42.0 cm³/mol. The highest BCUT2D eigenvalue weighted by atomic mass is 15.2. The summed E-state index contributed by atoms with van der Waals surface area (Å²) in [5.74, 6) is 0. The number of nitrogens with zero attached hydrogens (tertiary/aromatic N) is 4. The maximum Gasteiger partial charge on any atom is 0.165 e. The van der Waals surface area contributed by atoms with Gasteiger partial charge in [-0.25, -0.2) is 0 Å². The van der Waals surface area contributed by atoms with Gasteiger partial charge in [-0.3, -0.25) is 4.40 Å². The van der Waals surface area contributed by atoms with Crippen LogP contribution in [0.5, 0.6) is 0 Å². The number of pyridine rings is 1. The highest BCUT2D eigenvalue weighted by Gasteiger charge is 2.01. The summed E-state index contributed by atoms with van der Waals surface area (Å²) in [6.07, 6.45) is 4.89. The first-order chi connectivity index (χ1) is 5.92. The van der Waals surface area contributed by atoms with E-state index in [2.05, 4.69) is 10.2 Å². The van der Waals surface area contributed by atoms with Gasteiger partial charge in [0, 0.05) is 11.8 Å². The summed E-state index contributed by atoms with van der Waals surface area (Å²) in [6, 6.07) is 5.63. The molecule has 0 amide bonds. The Balaban J connectivity index is 2.67. The minimum atomic E-state index is 0.707. The molecule has 2 rings (SSSR count). The predicted octanol–water partition coefficient (Wildman–Crippen LogP) is 0.805. The Morgan fingerprint density at radius 3 is 3.33 bits per heavy atom. The van der Waals surface area contributed by atoms with Crippen molar-refractivity contribution in [2.45, 2.75) is 0 Å². The van der Waals surface area contributed by atoms with Crippen LogP contribution in [0.15, 0.2) is 24.7 Å². The Morgan fingerprint density at radius 2 is 2.50 bits per heavy atom. The first kappa shape index (κ1) is 6.80. The van der Waals surface area contributed by atoms with Gasteiger partial charge < -0.3 is 0 Å². The molecule has 0 unspecified atom stereocenters. The number of nitriles is 1. The Kier molecular flexibility index (Phi) is 1.49. The van der Waals surface area contributed by atoms with Gasteiger partial charge in [-0.05, 0) is 6.07 Å². The van der Waals surface area contributed by atoms with Crippen LogP contribution in [0, 0.1) is 17.8 Å². The van der Waals surface area contributed by atoms with Crippen molar-refractivity contribution < 1.29 is 0 Å². The van der Waals surface area contributed by atoms with Crippen molar-refractivity contribution in [2.24, 2.45) is 0 Å². The molecule has 0 aliphatic carbocycles. The van der Waals surface area contributed by atoms with E-state index in [-0.39, 0.29) is 0 Å². The summed E-state index contributed by atoms with van der Waals surface area (Å²) in [7, 11) is 0. The highest BCUT2D eigenvalue weighted by Crippen LogP contribution is 2.08. The first-order valence-corrected chi connectivity index (χ1v) is 3.43. The van der Waals surface area contributed by atoms with Gasteiger partial charge in [0.2, 0.25) is 0 Å². The lowest BCUT2D eigenvalue weighted by atomic mass is 10.2. The van der Waals surface area contributed by atoms with Crippen LogP contribution in [0.25, 0.3) is 5.65 Å². The summed E-state index contributed by atoms with van der Waals surface area (Å²) in [6.45, 7) is 0. The van der Waals surface area contributed by atoms with E-state index < -0.39 is 0 Å². The standard InChI is InChI=1S/C8H5N4/c9-4-3-7-2-1-5-12-6-10-11-8(7)12/h1-3,5-6H. The zero-order valence-electron chi connectivity index (χ0n) is 6.18. The third kappa shape index (κ3) is 0.920. The van der Waals surface area contributed by atoms with Crippen LogP contribution < -0.4 is 0 Å². The van der Waals surface area contributed by atoms with Crippen LogP contribution in [0.4, 0.5) is 0 Å². The fourth-order valence-electron chi connectivity index (χ4n) is 1.05. The minimum Gasteiger partial charge on any atom is -0.289 e. The van der Waals surface area contributed by atoms with Gasteiger partial charge in [-0.1, -0.05) is 6.07 Å². The van der Waals surface area contributed by atoms with E-state index in [1.54, 1.807) is 10.7 Å². The van der Waals surface area contributed by atoms with Crippen molar-refractivity contribution in [3.05, 3.63) is 36.6 Å². The molecule has 4 nitrogen and oxygen atoms in total. The van der Waals surface area contributed by atoms with Crippen LogP contribution in [0.1, 0.15) is 5.56 Å². The number of aromatic nitrogens is 3. The van der Waals surface area contributed by atoms with Crippen molar-refractivity contribution in [3.8, 4) is 6.07 Å². The molecule has 0 spiro atoms. The van der Waals surface area contributed by atoms with Crippen LogP contribution >= 0.6 is 0 Å². The molecule has 12 heavy (non-hydrogen) atoms. The van der Waals surface area contributed by atoms with E-state index in [0.717, 1.165) is 5.56 Å². The third-order valence-electron chi connectivity index (χ3n) is 1.57. The topological polar surface area (TPSA) is 54.0 Å². The maximum atomic E-state index is 8.45. The van der Waals surface area contributed by atoms with Gasteiger partial charge in [-0.15, -0.1) is 10.2 Å². The van der Waals surface area contributed by atoms with Crippen LogP contribution in [-0.2, 0) is 0 Å². The highest BCUT2D eigenvalue weighted by molar-refractivity contribution is 5.52. The smallest absolute Gasteiger partial charge is 0.165 e. The second-order valence-electron chi connectivity index (χ2n) is 2.30. The molecular weight excluding hydrogens is 152 g/mol. The van der Waals surface area contributed by atoms with Gasteiger partial charge in [-0.2, -0.15) is 5.26 Å². The molecule has 0 fully saturated rings. The Morgan fingerprint density at radius 1 is 1.58 bits per heavy atom. The largest absolute Gasteiger partial charge is 0.289 e. The van der Waals surface area contributed by atoms with E-state index in [1.165, 1.54) is 6.42 Å². The fourth-order valence-corrected chi connectivity index (χ4v) is 1.05. The first-order valence-electron chi connectivity index (χ1n) is 3.43. The summed E-state index contributed by atoms with van der Waals surface area (Å²) < 4.78 is 1.77. The normalized spacial score (nSPS) is 9.92. The monoisotopic (exact) mass is 157 g/mol. The van der Waals surface area contributed by atoms with Crippen molar-refractivity contribution >= 4 is 5.65 Å². The molecule has 1 radical (unpaired) electrons. The molecule has 4 heteroatoms. The zero-order chi connectivity index (χ0) is 8.39. The van der Waals surface area contributed by atoms with Crippen molar-refractivity contribution in [3.63, 3.8) is 0 Å². The third-order valence-corrected chi connectivity index (χ3v) is 1.57. The van der Waals surface area contributed by atoms with Gasteiger partial charge in [0.25, 0.3) is 0 Å². The molecule has 0 atom stereocenters. The van der Waals surface area contributed by atoms with Crippen molar-refractivity contribution in [2.75, 3.05) is 0 Å². The van der Waals surface area contributed by atoms with E-state index in [4.69, 9.17) is 5.26 Å². The van der Waals surface area contributed by atoms with Crippen LogP contribution in [0.3, 0.4) is 0 Å². The number of hydrogen-bond donors (Lipinski definition) is 0. The lowest BCUT2D eigenvalue weighted by Crippen LogP contribution is -1.87. The van der Waals surface area contributed by atoms with Crippen molar-refractivity contribution in [1.29, 1.82) is 5.26 Å². The summed E-state index contributed by atoms with van der Waals surface area (Å²) in [5.41, 5.74) is 1.50. The second-order valence-corrected chi connectivity index (χ2v) is 2.30. The van der Waals surface area contributed by atoms with E-state index >= 15 is 0 Å². The number of fused-ring (bicyclic) bond motifs is 1. The summed E-state index contributed by atoms with van der Waals surface area (Å²) in [5, 5.41) is 16.0. The lowest BCUT2D eigenvalue weighted by molar-refractivity contribution is 1.10. The molecule has 2 aromatic heterocycles. The molecule has 0 aromatic carbocycles. The quantitative estimate of drug-likeness (QED) is 0.615. The fraction of sp³-hybridized carbons (Fsp3) is 0. The molecule has 0 N–H and O–H groups in total. The average Bonchev–Trinajstić information content (AvgIpc) is 2.53. The molecule has 0 bridgehead atoms. The molecule has 0 aliphatic rings. The summed E-state index contributed by atoms with van der Waals surface area (Å²) in [4.78, 5) is 0. The molecule has 2 aromatic rings. The molecular formula is C8H5N4. The second kappa shape index (κ2) is 2.62. The minimum absolute atomic E-state index is 0.707. The van der Waals surface area contributed by atoms with Gasteiger partial charge in [0.1, 0.15) is 6.33 Å². The summed E-state index contributed by atoms with van der Waals surface area (Å²) >= 11 is 0. The molecule has 0 saturated carbocycles. The van der Waals surface area contributed by atoms with Crippen LogP contribution in [-0.4, -0.2) is 14.6 Å². The lowest BCUT2D eigenvalue weighted by Gasteiger charge is -1.94. The van der Waals surface area contributed by atoms with Gasteiger partial charge in [0.05, 0.1) is 12.5 Å². The molecule has 0 aliphatic heterocycles. The van der Waals surface area contributed by atoms with Crippen LogP contribution in [0.2, 0.25) is 0 Å². The molecule has 0 saturated heterocycles. The Labute approximate surface area is 69.1 Å². The molecule has 2 heterocycles. The maximum absolute atomic E-state index is 8.45. The molecule has 57 valence electrons. The van der Waals surface area contributed by atoms with E-state index in [9.17, 15) is 0 Å². The Hall–Kier alpha value is -1.89. The SMILES string of the molecule is N#C[CH]c1cccn2cnnc12. The van der Waals surface area contributed by atoms with Gasteiger partial charge in [0.15, 0.2) is 5.65 Å². The van der Waals surface area contributed by atoms with E-state index in [1.807, 2.05) is 24.4 Å². The number of hydrogen-bond acceptors (Lipinski definition) is 3. The van der Waals surface area contributed by atoms with Gasteiger partial charge >= 0.3 is 0 Å². The number of rotatable bonds is 1. The zero-order valence-corrected chi connectivity index (χ0v) is 6.18. The van der Waals surface area contributed by atoms with Crippen molar-refractivity contribution in [1.82, 2.24) is 14.6 Å².